The van der Waals surface area contributed by atoms with Crippen LogP contribution >= 0.6 is 12.2 Å². The standard InChI is InChI=1S/C24H27F6N3OS/c1-14(15-9-7-6-8-10-15)33(5)20(34)19(22(2,3)4)32-21(35)31-18-12-16(23(25,26)27)11-17(13-18)24(28,29)30/h6-14,19H,1-5H3,(H2,31,32,35)/t14-,19+/m1/s1. The van der Waals surface area contributed by atoms with Crippen LogP contribution in [-0.2, 0) is 17.1 Å². The maximum atomic E-state index is 13.3. The van der Waals surface area contributed by atoms with Crippen LogP contribution in [0.3, 0.4) is 0 Å². The van der Waals surface area contributed by atoms with Gasteiger partial charge >= 0.3 is 12.4 Å². The highest BCUT2D eigenvalue weighted by atomic mass is 32.1. The molecule has 35 heavy (non-hydrogen) atoms. The van der Waals surface area contributed by atoms with Crippen molar-refractivity contribution in [3.8, 4) is 0 Å². The Kier molecular flexibility index (Phi) is 8.47. The number of nitrogens with one attached hydrogen (secondary N) is 2. The molecule has 0 fully saturated rings. The van der Waals surface area contributed by atoms with E-state index in [1.54, 1.807) is 27.8 Å². The fraction of sp³-hybridized carbons (Fsp3) is 0.417. The zero-order valence-corrected chi connectivity index (χ0v) is 20.6. The molecule has 0 aromatic heterocycles. The van der Waals surface area contributed by atoms with Crippen molar-refractivity contribution in [1.29, 1.82) is 0 Å². The molecule has 0 bridgehead atoms. The average molecular weight is 520 g/mol. The number of carbonyl (C=O) groups excluding carboxylic acids is 1. The van der Waals surface area contributed by atoms with Gasteiger partial charge in [0.1, 0.15) is 6.04 Å². The summed E-state index contributed by atoms with van der Waals surface area (Å²) in [6.07, 6.45) is -9.99. The van der Waals surface area contributed by atoms with Gasteiger partial charge in [-0.15, -0.1) is 0 Å². The lowest BCUT2D eigenvalue weighted by Crippen LogP contribution is -2.55. The highest BCUT2D eigenvalue weighted by Crippen LogP contribution is 2.37. The molecule has 11 heteroatoms. The van der Waals surface area contributed by atoms with Crippen molar-refractivity contribution < 1.29 is 31.1 Å². The molecule has 0 saturated carbocycles. The summed E-state index contributed by atoms with van der Waals surface area (Å²) in [5, 5.41) is 4.86. The normalized spacial score (nSPS) is 14.1. The summed E-state index contributed by atoms with van der Waals surface area (Å²) in [4.78, 5) is 14.8. The number of alkyl halides is 6. The molecular weight excluding hydrogens is 492 g/mol. The van der Waals surface area contributed by atoms with Crippen molar-refractivity contribution >= 4 is 28.9 Å². The van der Waals surface area contributed by atoms with Crippen LogP contribution in [0.25, 0.3) is 0 Å². The van der Waals surface area contributed by atoms with E-state index in [0.29, 0.717) is 12.1 Å². The summed E-state index contributed by atoms with van der Waals surface area (Å²) in [6, 6.07) is 9.13. The van der Waals surface area contributed by atoms with Crippen molar-refractivity contribution in [2.75, 3.05) is 12.4 Å². The van der Waals surface area contributed by atoms with Crippen LogP contribution in [-0.4, -0.2) is 29.0 Å². The summed E-state index contributed by atoms with van der Waals surface area (Å²) in [5.41, 5.74) is -3.26. The third-order valence-electron chi connectivity index (χ3n) is 5.44. The Morgan fingerprint density at radius 2 is 1.40 bits per heavy atom. The lowest BCUT2D eigenvalue weighted by molar-refractivity contribution is -0.143. The Hall–Kier alpha value is -2.82. The number of likely N-dealkylation sites (N-methyl/N-ethyl adjacent to an activating group) is 1. The number of rotatable bonds is 5. The minimum atomic E-state index is -4.99. The molecule has 0 aliphatic heterocycles. The molecule has 0 unspecified atom stereocenters. The summed E-state index contributed by atoms with van der Waals surface area (Å²) in [5.74, 6) is -0.349. The monoisotopic (exact) mass is 519 g/mol. The predicted molar refractivity (Wildman–Crippen MR) is 127 cm³/mol. The number of hydrogen-bond acceptors (Lipinski definition) is 2. The second-order valence-corrected chi connectivity index (χ2v) is 9.64. The maximum Gasteiger partial charge on any atom is 0.416 e. The van der Waals surface area contributed by atoms with Crippen LogP contribution < -0.4 is 10.6 Å². The van der Waals surface area contributed by atoms with Gasteiger partial charge in [0.15, 0.2) is 5.11 Å². The molecule has 2 N–H and O–H groups in total. The van der Waals surface area contributed by atoms with Crippen LogP contribution in [0.5, 0.6) is 0 Å². The zero-order chi connectivity index (χ0) is 26.8. The summed E-state index contributed by atoms with van der Waals surface area (Å²) < 4.78 is 78.9. The molecule has 2 atom stereocenters. The van der Waals surface area contributed by atoms with Crippen molar-refractivity contribution in [3.63, 3.8) is 0 Å². The predicted octanol–water partition coefficient (Wildman–Crippen LogP) is 6.64. The van der Waals surface area contributed by atoms with Gasteiger partial charge < -0.3 is 15.5 Å². The summed E-state index contributed by atoms with van der Waals surface area (Å²) >= 11 is 5.16. The Labute approximate surface area is 205 Å². The number of anilines is 1. The third kappa shape index (κ3) is 7.58. The van der Waals surface area contributed by atoms with E-state index in [9.17, 15) is 31.1 Å². The Bertz CT molecular complexity index is 1020. The van der Waals surface area contributed by atoms with Gasteiger partial charge in [0.25, 0.3) is 0 Å². The van der Waals surface area contributed by atoms with E-state index in [4.69, 9.17) is 12.2 Å². The van der Waals surface area contributed by atoms with Gasteiger partial charge in [0, 0.05) is 12.7 Å². The van der Waals surface area contributed by atoms with Crippen molar-refractivity contribution in [2.45, 2.75) is 52.1 Å². The van der Waals surface area contributed by atoms with Crippen LogP contribution in [0.15, 0.2) is 48.5 Å². The van der Waals surface area contributed by atoms with Crippen LogP contribution in [0.1, 0.15) is 50.4 Å². The molecule has 4 nitrogen and oxygen atoms in total. The molecule has 192 valence electrons. The Morgan fingerprint density at radius 1 is 0.914 bits per heavy atom. The molecule has 0 radical (unpaired) electrons. The van der Waals surface area contributed by atoms with Crippen molar-refractivity contribution in [3.05, 3.63) is 65.2 Å². The number of benzene rings is 2. The maximum absolute atomic E-state index is 13.3. The van der Waals surface area contributed by atoms with Crippen molar-refractivity contribution in [1.82, 2.24) is 10.2 Å². The highest BCUT2D eigenvalue weighted by molar-refractivity contribution is 7.80. The number of amides is 1. The first-order chi connectivity index (χ1) is 15.9. The van der Waals surface area contributed by atoms with Gasteiger partial charge in [0.2, 0.25) is 5.91 Å². The Morgan fingerprint density at radius 3 is 1.83 bits per heavy atom. The van der Waals surface area contributed by atoms with E-state index in [1.807, 2.05) is 37.3 Å². The van der Waals surface area contributed by atoms with E-state index < -0.39 is 40.6 Å². The average Bonchev–Trinajstić information content (AvgIpc) is 2.74. The molecule has 0 saturated heterocycles. The number of halogens is 6. The van der Waals surface area contributed by atoms with Crippen LogP contribution in [0.2, 0.25) is 0 Å². The molecule has 2 rings (SSSR count). The minimum absolute atomic E-state index is 0.0308. The second kappa shape index (κ2) is 10.4. The van der Waals surface area contributed by atoms with Gasteiger partial charge in [-0.2, -0.15) is 26.3 Å². The summed E-state index contributed by atoms with van der Waals surface area (Å²) in [6.45, 7) is 7.12. The largest absolute Gasteiger partial charge is 0.416 e. The first-order valence-electron chi connectivity index (χ1n) is 10.6. The van der Waals surface area contributed by atoms with Gasteiger partial charge in [-0.25, -0.2) is 0 Å². The van der Waals surface area contributed by atoms with Crippen molar-refractivity contribution in [2.24, 2.45) is 5.41 Å². The first-order valence-corrected chi connectivity index (χ1v) is 11.0. The number of nitrogens with zero attached hydrogens (tertiary/aromatic N) is 1. The molecule has 0 spiro atoms. The minimum Gasteiger partial charge on any atom is -0.350 e. The van der Waals surface area contributed by atoms with E-state index in [2.05, 4.69) is 10.6 Å². The van der Waals surface area contributed by atoms with Gasteiger partial charge in [0.05, 0.1) is 17.2 Å². The lowest BCUT2D eigenvalue weighted by atomic mass is 9.85. The number of carbonyl (C=O) groups is 1. The van der Waals surface area contributed by atoms with E-state index in [0.717, 1.165) is 5.56 Å². The van der Waals surface area contributed by atoms with Gasteiger partial charge in [-0.3, -0.25) is 4.79 Å². The fourth-order valence-electron chi connectivity index (χ4n) is 3.32. The lowest BCUT2D eigenvalue weighted by Gasteiger charge is -2.36. The highest BCUT2D eigenvalue weighted by Gasteiger charge is 2.38. The Balaban J connectivity index is 2.29. The molecule has 0 aliphatic rings. The smallest absolute Gasteiger partial charge is 0.350 e. The molecule has 0 aliphatic carbocycles. The molecule has 0 heterocycles. The van der Waals surface area contributed by atoms with E-state index in [-0.39, 0.29) is 23.1 Å². The van der Waals surface area contributed by atoms with E-state index in [1.165, 1.54) is 4.90 Å². The van der Waals surface area contributed by atoms with Gasteiger partial charge in [-0.1, -0.05) is 51.1 Å². The first kappa shape index (κ1) is 28.4. The topological polar surface area (TPSA) is 44.4 Å². The third-order valence-corrected chi connectivity index (χ3v) is 5.66. The van der Waals surface area contributed by atoms with Crippen LogP contribution in [0.4, 0.5) is 32.0 Å². The zero-order valence-electron chi connectivity index (χ0n) is 19.8. The van der Waals surface area contributed by atoms with E-state index >= 15 is 0 Å². The van der Waals surface area contributed by atoms with Gasteiger partial charge in [-0.05, 0) is 48.3 Å². The summed E-state index contributed by atoms with van der Waals surface area (Å²) in [7, 11) is 1.61. The molecule has 2 aromatic rings. The molecular formula is C24H27F6N3OS. The fourth-order valence-corrected chi connectivity index (χ4v) is 3.56. The number of hydrogen-bond donors (Lipinski definition) is 2. The number of thiocarbonyl (C=S) groups is 1. The SMILES string of the molecule is C[C@H](c1ccccc1)N(C)C(=O)[C@H](NC(=S)Nc1cc(C(F)(F)F)cc(C(F)(F)F)c1)C(C)(C)C. The second-order valence-electron chi connectivity index (χ2n) is 9.23. The molecule has 1 amide bonds. The molecule has 2 aromatic carbocycles. The van der Waals surface area contributed by atoms with Crippen LogP contribution in [0, 0.1) is 5.41 Å². The quantitative estimate of drug-likeness (QED) is 0.343.